The maximum absolute atomic E-state index is 12.8. The fourth-order valence-electron chi connectivity index (χ4n) is 3.80. The Kier molecular flexibility index (Phi) is 5.43. The second kappa shape index (κ2) is 8.14. The molecule has 0 spiro atoms. The van der Waals surface area contributed by atoms with Crippen LogP contribution in [0.5, 0.6) is 0 Å². The molecule has 0 radical (unpaired) electrons. The average molecular weight is 380 g/mol. The number of nitrogens with zero attached hydrogens (tertiary/aromatic N) is 6. The van der Waals surface area contributed by atoms with Gasteiger partial charge in [0.1, 0.15) is 0 Å². The average Bonchev–Trinajstić information content (AvgIpc) is 2.74. The standard InChI is InChI=1S/C21H28N6O/c1-17-4-3-5-18(16-17)25-12-14-27(15-13-25)21(28)19-6-7-20(23-22-19)26-10-8-24(2)9-11-26/h3-7,16H,8-15H2,1-2H3. The highest BCUT2D eigenvalue weighted by molar-refractivity contribution is 5.92. The topological polar surface area (TPSA) is 55.8 Å². The molecular weight excluding hydrogens is 352 g/mol. The van der Waals surface area contributed by atoms with Crippen molar-refractivity contribution >= 4 is 17.4 Å². The second-order valence-electron chi connectivity index (χ2n) is 7.69. The van der Waals surface area contributed by atoms with E-state index < -0.39 is 0 Å². The van der Waals surface area contributed by atoms with Gasteiger partial charge in [0.25, 0.3) is 5.91 Å². The van der Waals surface area contributed by atoms with Crippen LogP contribution in [0.1, 0.15) is 16.1 Å². The molecule has 1 aromatic heterocycles. The van der Waals surface area contributed by atoms with Gasteiger partial charge in [0.05, 0.1) is 0 Å². The highest BCUT2D eigenvalue weighted by Gasteiger charge is 2.24. The van der Waals surface area contributed by atoms with Crippen molar-refractivity contribution in [1.82, 2.24) is 20.0 Å². The summed E-state index contributed by atoms with van der Waals surface area (Å²) in [6.07, 6.45) is 0. The van der Waals surface area contributed by atoms with Gasteiger partial charge in [-0.25, -0.2) is 0 Å². The number of rotatable bonds is 3. The van der Waals surface area contributed by atoms with Gasteiger partial charge in [0.2, 0.25) is 0 Å². The summed E-state index contributed by atoms with van der Waals surface area (Å²) in [5.41, 5.74) is 2.91. The molecule has 0 atom stereocenters. The number of aromatic nitrogens is 2. The number of anilines is 2. The Morgan fingerprint density at radius 3 is 2.21 bits per heavy atom. The van der Waals surface area contributed by atoms with E-state index in [1.165, 1.54) is 11.3 Å². The molecule has 2 saturated heterocycles. The van der Waals surface area contributed by atoms with Crippen LogP contribution in [0, 0.1) is 6.92 Å². The molecule has 4 rings (SSSR count). The first-order valence-electron chi connectivity index (χ1n) is 9.98. The fourth-order valence-corrected chi connectivity index (χ4v) is 3.80. The Hall–Kier alpha value is -2.67. The summed E-state index contributed by atoms with van der Waals surface area (Å²) in [5.74, 6) is 0.829. The van der Waals surface area contributed by atoms with Crippen molar-refractivity contribution in [1.29, 1.82) is 0 Å². The molecule has 0 bridgehead atoms. The predicted octanol–water partition coefficient (Wildman–Crippen LogP) is 1.50. The van der Waals surface area contributed by atoms with E-state index in [0.29, 0.717) is 18.8 Å². The number of hydrogen-bond donors (Lipinski definition) is 0. The van der Waals surface area contributed by atoms with Gasteiger partial charge in [0.15, 0.2) is 11.5 Å². The molecule has 1 aromatic carbocycles. The quantitative estimate of drug-likeness (QED) is 0.804. The Bertz CT molecular complexity index is 808. The zero-order valence-electron chi connectivity index (χ0n) is 16.7. The molecule has 0 N–H and O–H groups in total. The van der Waals surface area contributed by atoms with Crippen LogP contribution < -0.4 is 9.80 Å². The third kappa shape index (κ3) is 4.09. The summed E-state index contributed by atoms with van der Waals surface area (Å²) in [5, 5.41) is 8.54. The Labute approximate surface area is 166 Å². The van der Waals surface area contributed by atoms with Gasteiger partial charge in [-0.3, -0.25) is 4.79 Å². The molecule has 7 heteroatoms. The molecule has 0 aliphatic carbocycles. The van der Waals surface area contributed by atoms with Crippen molar-refractivity contribution in [2.75, 3.05) is 69.2 Å². The second-order valence-corrected chi connectivity index (χ2v) is 7.69. The van der Waals surface area contributed by atoms with Crippen LogP contribution in [0.15, 0.2) is 36.4 Å². The number of likely N-dealkylation sites (N-methyl/N-ethyl adjacent to an activating group) is 1. The number of piperazine rings is 2. The van der Waals surface area contributed by atoms with Gasteiger partial charge in [-0.1, -0.05) is 12.1 Å². The highest BCUT2D eigenvalue weighted by atomic mass is 16.2. The van der Waals surface area contributed by atoms with Gasteiger partial charge in [-0.05, 0) is 43.8 Å². The highest BCUT2D eigenvalue weighted by Crippen LogP contribution is 2.19. The molecule has 0 saturated carbocycles. The largest absolute Gasteiger partial charge is 0.368 e. The molecule has 2 aliphatic rings. The van der Waals surface area contributed by atoms with Gasteiger partial charge in [0, 0.05) is 58.0 Å². The smallest absolute Gasteiger partial charge is 0.274 e. The minimum absolute atomic E-state index is 0.0266. The summed E-state index contributed by atoms with van der Waals surface area (Å²) in [6.45, 7) is 9.11. The van der Waals surface area contributed by atoms with Crippen LogP contribution in [-0.2, 0) is 0 Å². The maximum Gasteiger partial charge on any atom is 0.274 e. The molecule has 148 valence electrons. The number of carbonyl (C=O) groups excluding carboxylic acids is 1. The van der Waals surface area contributed by atoms with Crippen LogP contribution in [0.25, 0.3) is 0 Å². The number of benzene rings is 1. The van der Waals surface area contributed by atoms with E-state index in [-0.39, 0.29) is 5.91 Å². The van der Waals surface area contributed by atoms with E-state index >= 15 is 0 Å². The van der Waals surface area contributed by atoms with Gasteiger partial charge in [-0.2, -0.15) is 0 Å². The number of aryl methyl sites for hydroxylation is 1. The zero-order chi connectivity index (χ0) is 19.5. The summed E-state index contributed by atoms with van der Waals surface area (Å²) >= 11 is 0. The van der Waals surface area contributed by atoms with Crippen molar-refractivity contribution in [3.8, 4) is 0 Å². The van der Waals surface area contributed by atoms with Crippen molar-refractivity contribution in [2.24, 2.45) is 0 Å². The van der Waals surface area contributed by atoms with E-state index in [9.17, 15) is 4.79 Å². The van der Waals surface area contributed by atoms with Gasteiger partial charge < -0.3 is 19.6 Å². The number of hydrogen-bond acceptors (Lipinski definition) is 6. The molecule has 3 heterocycles. The summed E-state index contributed by atoms with van der Waals surface area (Å²) in [6, 6.07) is 12.3. The van der Waals surface area contributed by atoms with E-state index in [1.54, 1.807) is 0 Å². The van der Waals surface area contributed by atoms with Crippen molar-refractivity contribution in [3.05, 3.63) is 47.7 Å². The maximum atomic E-state index is 12.8. The van der Waals surface area contributed by atoms with Crippen molar-refractivity contribution in [2.45, 2.75) is 6.92 Å². The Balaban J connectivity index is 1.35. The van der Waals surface area contributed by atoms with E-state index in [2.05, 4.69) is 63.1 Å². The lowest BCUT2D eigenvalue weighted by Crippen LogP contribution is -2.49. The minimum Gasteiger partial charge on any atom is -0.368 e. The van der Waals surface area contributed by atoms with Crippen molar-refractivity contribution < 1.29 is 4.79 Å². The number of carbonyl (C=O) groups is 1. The normalized spacial score (nSPS) is 18.4. The predicted molar refractivity (Wildman–Crippen MR) is 111 cm³/mol. The van der Waals surface area contributed by atoms with E-state index in [1.807, 2.05) is 17.0 Å². The lowest BCUT2D eigenvalue weighted by molar-refractivity contribution is 0.0739. The molecular formula is C21H28N6O. The van der Waals surface area contributed by atoms with Crippen LogP contribution in [0.3, 0.4) is 0 Å². The third-order valence-corrected chi connectivity index (χ3v) is 5.63. The van der Waals surface area contributed by atoms with E-state index in [0.717, 1.165) is 45.1 Å². The fraction of sp³-hybridized carbons (Fsp3) is 0.476. The Morgan fingerprint density at radius 1 is 0.857 bits per heavy atom. The first-order valence-corrected chi connectivity index (χ1v) is 9.98. The molecule has 28 heavy (non-hydrogen) atoms. The third-order valence-electron chi connectivity index (χ3n) is 5.63. The lowest BCUT2D eigenvalue weighted by atomic mass is 10.2. The summed E-state index contributed by atoms with van der Waals surface area (Å²) in [7, 11) is 2.13. The molecule has 7 nitrogen and oxygen atoms in total. The first-order chi connectivity index (χ1) is 13.6. The zero-order valence-corrected chi connectivity index (χ0v) is 16.7. The molecule has 0 unspecified atom stereocenters. The van der Waals surface area contributed by atoms with Crippen LogP contribution in [0.4, 0.5) is 11.5 Å². The van der Waals surface area contributed by atoms with Gasteiger partial charge in [-0.15, -0.1) is 10.2 Å². The molecule has 2 aromatic rings. The SMILES string of the molecule is Cc1cccc(N2CCN(C(=O)c3ccc(N4CCN(C)CC4)nn3)CC2)c1. The summed E-state index contributed by atoms with van der Waals surface area (Å²) < 4.78 is 0. The molecule has 2 aliphatic heterocycles. The van der Waals surface area contributed by atoms with Crippen LogP contribution in [-0.4, -0.2) is 85.3 Å². The van der Waals surface area contributed by atoms with Gasteiger partial charge >= 0.3 is 0 Å². The van der Waals surface area contributed by atoms with Crippen LogP contribution >= 0.6 is 0 Å². The first kappa shape index (κ1) is 18.7. The minimum atomic E-state index is -0.0266. The molecule has 2 fully saturated rings. The Morgan fingerprint density at radius 2 is 1.57 bits per heavy atom. The summed E-state index contributed by atoms with van der Waals surface area (Å²) in [4.78, 5) is 21.6. The monoisotopic (exact) mass is 380 g/mol. The molecule has 1 amide bonds. The van der Waals surface area contributed by atoms with Crippen molar-refractivity contribution in [3.63, 3.8) is 0 Å². The number of amides is 1. The lowest BCUT2D eigenvalue weighted by Gasteiger charge is -2.36. The van der Waals surface area contributed by atoms with E-state index in [4.69, 9.17) is 0 Å². The van der Waals surface area contributed by atoms with Crippen LogP contribution in [0.2, 0.25) is 0 Å².